The second kappa shape index (κ2) is 5.11. The van der Waals surface area contributed by atoms with Crippen molar-refractivity contribution >= 4 is 27.7 Å². The van der Waals surface area contributed by atoms with Gasteiger partial charge in [-0.2, -0.15) is 0 Å². The van der Waals surface area contributed by atoms with Crippen LogP contribution in [0.15, 0.2) is 11.3 Å². The van der Waals surface area contributed by atoms with Gasteiger partial charge in [0.25, 0.3) is 5.91 Å². The number of esters is 1. The minimum absolute atomic E-state index is 0.142. The number of hydrogen-bond donors (Lipinski definition) is 1. The molecule has 0 unspecified atom stereocenters. The Balaban J connectivity index is 2.46. The summed E-state index contributed by atoms with van der Waals surface area (Å²) in [5.74, 6) is -3.49. The molecule has 1 saturated heterocycles. The van der Waals surface area contributed by atoms with Crippen LogP contribution in [0.1, 0.15) is 6.92 Å². The number of carbonyl (C=O) groups excluding carboxylic acids is 2. The van der Waals surface area contributed by atoms with Gasteiger partial charge in [0, 0.05) is 19.6 Å². The largest absolute Gasteiger partial charge is 0.477 e. The summed E-state index contributed by atoms with van der Waals surface area (Å²) in [7, 11) is -2.64. The molecule has 2 atom stereocenters. The molecule has 2 aliphatic heterocycles. The molecule has 0 aliphatic carbocycles. The zero-order valence-electron chi connectivity index (χ0n) is 11.2. The highest BCUT2D eigenvalue weighted by Crippen LogP contribution is 2.37. The third kappa shape index (κ3) is 2.40. The Bertz CT molecular complexity index is 649. The summed E-state index contributed by atoms with van der Waals surface area (Å²) in [6.45, 7) is 0.612. The fraction of sp³-hybridized carbons (Fsp3) is 0.545. The molecular weight excluding hydrogens is 306 g/mol. The number of fused-ring (bicyclic) bond motifs is 1. The maximum absolute atomic E-state index is 12.1. The van der Waals surface area contributed by atoms with E-state index in [9.17, 15) is 27.9 Å². The topological polar surface area (TPSA) is 127 Å². The molecule has 2 aliphatic rings. The van der Waals surface area contributed by atoms with Crippen molar-refractivity contribution < 1.29 is 37.4 Å². The molecule has 1 N–H and O–H groups in total. The van der Waals surface area contributed by atoms with E-state index in [0.29, 0.717) is 4.90 Å². The smallest absolute Gasteiger partial charge is 0.352 e. The van der Waals surface area contributed by atoms with Crippen LogP contribution in [0.5, 0.6) is 0 Å². The molecule has 2 rings (SSSR count). The molecule has 0 aromatic carbocycles. The lowest BCUT2D eigenvalue weighted by Gasteiger charge is -2.48. The first-order valence-corrected chi connectivity index (χ1v) is 7.58. The second-order valence-electron chi connectivity index (χ2n) is 4.60. The van der Waals surface area contributed by atoms with E-state index in [-0.39, 0.29) is 5.57 Å². The summed E-state index contributed by atoms with van der Waals surface area (Å²) >= 11 is 0. The SMILES string of the molecule is CO[C@@H]1C(=O)N2C(C(=O)O)=C(COC(C)=O)CS(=O)(=O)[C@H]12. The average Bonchev–Trinajstić information content (AvgIpc) is 2.36. The fourth-order valence-corrected chi connectivity index (χ4v) is 4.37. The van der Waals surface area contributed by atoms with Crippen molar-refractivity contribution in [3.8, 4) is 0 Å². The fourth-order valence-electron chi connectivity index (χ4n) is 2.36. The highest BCUT2D eigenvalue weighted by Gasteiger charge is 2.60. The first-order chi connectivity index (χ1) is 9.70. The average molecular weight is 319 g/mol. The molecule has 10 heteroatoms. The number of β-lactam (4-membered cyclic amide) rings is 1. The monoisotopic (exact) mass is 319 g/mol. The Morgan fingerprint density at radius 2 is 2.05 bits per heavy atom. The van der Waals surface area contributed by atoms with Crippen molar-refractivity contribution in [2.75, 3.05) is 19.5 Å². The number of aliphatic carboxylic acids is 1. The highest BCUT2D eigenvalue weighted by atomic mass is 32.2. The van der Waals surface area contributed by atoms with E-state index >= 15 is 0 Å². The first kappa shape index (κ1) is 15.4. The number of carboxylic acids is 1. The summed E-state index contributed by atoms with van der Waals surface area (Å²) in [4.78, 5) is 34.6. The van der Waals surface area contributed by atoms with Crippen LogP contribution in [0.4, 0.5) is 0 Å². The second-order valence-corrected chi connectivity index (χ2v) is 6.70. The minimum atomic E-state index is -3.81. The standard InChI is InChI=1S/C11H13NO8S/c1-5(13)20-3-6-4-21(17,18)10-8(19-2)9(14)12(10)7(6)11(15)16/h8,10H,3-4H2,1-2H3,(H,15,16)/t8-,10-/m1/s1. The number of amides is 1. The van der Waals surface area contributed by atoms with Crippen molar-refractivity contribution in [1.29, 1.82) is 0 Å². The van der Waals surface area contributed by atoms with Crippen LogP contribution < -0.4 is 0 Å². The van der Waals surface area contributed by atoms with Crippen molar-refractivity contribution in [1.82, 2.24) is 4.90 Å². The van der Waals surface area contributed by atoms with Crippen LogP contribution >= 0.6 is 0 Å². The molecule has 0 aromatic rings. The molecule has 0 bridgehead atoms. The van der Waals surface area contributed by atoms with E-state index in [1.54, 1.807) is 0 Å². The number of carbonyl (C=O) groups is 3. The van der Waals surface area contributed by atoms with Gasteiger partial charge in [-0.15, -0.1) is 0 Å². The predicted octanol–water partition coefficient (Wildman–Crippen LogP) is -1.50. The quantitative estimate of drug-likeness (QED) is 0.490. The maximum Gasteiger partial charge on any atom is 0.352 e. The summed E-state index contributed by atoms with van der Waals surface area (Å²) in [6.07, 6.45) is -1.21. The van der Waals surface area contributed by atoms with Crippen LogP contribution in [0.2, 0.25) is 0 Å². The van der Waals surface area contributed by atoms with E-state index in [0.717, 1.165) is 6.92 Å². The van der Waals surface area contributed by atoms with E-state index < -0.39 is 57.2 Å². The molecule has 9 nitrogen and oxygen atoms in total. The molecule has 0 spiro atoms. The van der Waals surface area contributed by atoms with E-state index in [1.807, 2.05) is 0 Å². The zero-order chi connectivity index (χ0) is 15.9. The molecule has 1 amide bonds. The van der Waals surface area contributed by atoms with Crippen LogP contribution in [0, 0.1) is 0 Å². The number of hydrogen-bond acceptors (Lipinski definition) is 7. The molecule has 21 heavy (non-hydrogen) atoms. The maximum atomic E-state index is 12.1. The third-order valence-corrected chi connectivity index (χ3v) is 5.16. The van der Waals surface area contributed by atoms with Crippen LogP contribution in [0.25, 0.3) is 0 Å². The molecule has 2 heterocycles. The number of nitrogens with zero attached hydrogens (tertiary/aromatic N) is 1. The van der Waals surface area contributed by atoms with Crippen LogP contribution in [-0.2, 0) is 33.7 Å². The number of rotatable bonds is 4. The zero-order valence-corrected chi connectivity index (χ0v) is 12.0. The Labute approximate surface area is 120 Å². The highest BCUT2D eigenvalue weighted by molar-refractivity contribution is 7.92. The molecular formula is C11H13NO8S. The van der Waals surface area contributed by atoms with Gasteiger partial charge in [-0.1, -0.05) is 0 Å². The van der Waals surface area contributed by atoms with Gasteiger partial charge in [0.2, 0.25) is 0 Å². The molecule has 0 aromatic heterocycles. The summed E-state index contributed by atoms with van der Waals surface area (Å²) in [5, 5.41) is 7.87. The molecule has 0 saturated carbocycles. The van der Waals surface area contributed by atoms with Crippen molar-refractivity contribution in [3.05, 3.63) is 11.3 Å². The lowest BCUT2D eigenvalue weighted by molar-refractivity contribution is -0.162. The van der Waals surface area contributed by atoms with Gasteiger partial charge in [0.1, 0.15) is 12.3 Å². The van der Waals surface area contributed by atoms with Gasteiger partial charge in [-0.05, 0) is 0 Å². The number of sulfone groups is 1. The number of methoxy groups -OCH3 is 1. The van der Waals surface area contributed by atoms with Gasteiger partial charge in [-0.3, -0.25) is 14.5 Å². The van der Waals surface area contributed by atoms with E-state index in [2.05, 4.69) is 4.74 Å². The Morgan fingerprint density at radius 1 is 1.43 bits per heavy atom. The molecule has 0 radical (unpaired) electrons. The summed E-state index contributed by atoms with van der Waals surface area (Å²) in [6, 6.07) is 0. The van der Waals surface area contributed by atoms with Crippen molar-refractivity contribution in [2.24, 2.45) is 0 Å². The lowest BCUT2D eigenvalue weighted by Crippen LogP contribution is -2.70. The van der Waals surface area contributed by atoms with Gasteiger partial charge >= 0.3 is 11.9 Å². The lowest BCUT2D eigenvalue weighted by atomic mass is 10.1. The molecule has 116 valence electrons. The Hall–Kier alpha value is -1.94. The van der Waals surface area contributed by atoms with Gasteiger partial charge < -0.3 is 14.6 Å². The van der Waals surface area contributed by atoms with Crippen molar-refractivity contribution in [2.45, 2.75) is 18.4 Å². The van der Waals surface area contributed by atoms with Crippen LogP contribution in [-0.4, -0.2) is 67.2 Å². The first-order valence-electron chi connectivity index (χ1n) is 5.86. The van der Waals surface area contributed by atoms with Gasteiger partial charge in [-0.25, -0.2) is 13.2 Å². The van der Waals surface area contributed by atoms with E-state index in [4.69, 9.17) is 4.74 Å². The van der Waals surface area contributed by atoms with E-state index in [1.165, 1.54) is 7.11 Å². The van der Waals surface area contributed by atoms with Crippen molar-refractivity contribution in [3.63, 3.8) is 0 Å². The summed E-state index contributed by atoms with van der Waals surface area (Å²) in [5.41, 5.74) is -0.605. The normalized spacial score (nSPS) is 27.0. The third-order valence-electron chi connectivity index (χ3n) is 3.22. The Morgan fingerprint density at radius 3 is 2.52 bits per heavy atom. The minimum Gasteiger partial charge on any atom is -0.477 e. The molecule has 1 fully saturated rings. The number of carboxylic acid groups (broad SMARTS) is 1. The Kier molecular flexibility index (Phi) is 3.76. The predicted molar refractivity (Wildman–Crippen MR) is 66.5 cm³/mol. The van der Waals surface area contributed by atoms with Gasteiger partial charge in [0.05, 0.1) is 5.75 Å². The van der Waals surface area contributed by atoms with Gasteiger partial charge in [0.15, 0.2) is 21.3 Å². The summed E-state index contributed by atoms with van der Waals surface area (Å²) < 4.78 is 33.7. The van der Waals surface area contributed by atoms with Crippen LogP contribution in [0.3, 0.4) is 0 Å². The number of ether oxygens (including phenoxy) is 2.